The summed E-state index contributed by atoms with van der Waals surface area (Å²) in [6.45, 7) is 7.89. The molecule has 6 nitrogen and oxygen atoms in total. The Labute approximate surface area is 142 Å². The molecule has 1 aromatic rings. The molecule has 0 aliphatic heterocycles. The van der Waals surface area contributed by atoms with Crippen molar-refractivity contribution in [3.05, 3.63) is 42.0 Å². The molecule has 0 saturated heterocycles. The quantitative estimate of drug-likeness (QED) is 0.424. The van der Waals surface area contributed by atoms with Crippen LogP contribution in [-0.4, -0.2) is 31.5 Å². The monoisotopic (exact) mass is 335 g/mol. The van der Waals surface area contributed by atoms with E-state index >= 15 is 0 Å². The number of nitrogens with one attached hydrogen (secondary N) is 1. The van der Waals surface area contributed by atoms with Gasteiger partial charge in [0.1, 0.15) is 12.6 Å². The first-order valence-electron chi connectivity index (χ1n) is 7.79. The summed E-state index contributed by atoms with van der Waals surface area (Å²) in [4.78, 5) is 33.1. The van der Waals surface area contributed by atoms with Gasteiger partial charge >= 0.3 is 18.4 Å². The lowest BCUT2D eigenvalue weighted by Crippen LogP contribution is -2.35. The zero-order valence-corrected chi connectivity index (χ0v) is 14.4. The SMILES string of the molecule is C=Cc1ccc(COC(=O)CCC(NC)C(=O)OC=O)cc1.CC. The second-order valence-corrected chi connectivity index (χ2v) is 4.52. The Hall–Kier alpha value is -2.47. The maximum atomic E-state index is 11.7. The second-order valence-electron chi connectivity index (χ2n) is 4.52. The molecule has 24 heavy (non-hydrogen) atoms. The summed E-state index contributed by atoms with van der Waals surface area (Å²) in [7, 11) is 1.54. The Bertz CT molecular complexity index is 525. The van der Waals surface area contributed by atoms with E-state index in [1.807, 2.05) is 38.1 Å². The van der Waals surface area contributed by atoms with Gasteiger partial charge in [0.2, 0.25) is 0 Å². The predicted octanol–water partition coefficient (Wildman–Crippen LogP) is 2.47. The molecule has 0 bridgehead atoms. The Morgan fingerprint density at radius 3 is 2.38 bits per heavy atom. The average molecular weight is 335 g/mol. The molecule has 1 aromatic carbocycles. The molecule has 0 radical (unpaired) electrons. The zero-order chi connectivity index (χ0) is 18.4. The Morgan fingerprint density at radius 1 is 1.25 bits per heavy atom. The zero-order valence-electron chi connectivity index (χ0n) is 14.4. The Balaban J connectivity index is 0.00000254. The van der Waals surface area contributed by atoms with Crippen LogP contribution in [0.5, 0.6) is 0 Å². The van der Waals surface area contributed by atoms with Crippen molar-refractivity contribution >= 4 is 24.5 Å². The van der Waals surface area contributed by atoms with Gasteiger partial charge in [0.25, 0.3) is 0 Å². The normalized spacial score (nSPS) is 10.6. The van der Waals surface area contributed by atoms with Gasteiger partial charge < -0.3 is 14.8 Å². The standard InChI is InChI=1S/C16H19NO5.C2H6/c1-3-12-4-6-13(7-5-12)10-21-15(19)9-8-14(17-2)16(20)22-11-18;1-2/h3-7,11,14,17H,1,8-10H2,2H3;1-2H3. The van der Waals surface area contributed by atoms with Gasteiger partial charge in [0.15, 0.2) is 0 Å². The largest absolute Gasteiger partial charge is 0.461 e. The van der Waals surface area contributed by atoms with Gasteiger partial charge in [-0.25, -0.2) is 4.79 Å². The highest BCUT2D eigenvalue weighted by atomic mass is 16.6. The highest BCUT2D eigenvalue weighted by molar-refractivity contribution is 5.82. The van der Waals surface area contributed by atoms with Gasteiger partial charge in [-0.2, -0.15) is 0 Å². The fourth-order valence-corrected chi connectivity index (χ4v) is 1.76. The molecule has 6 heteroatoms. The van der Waals surface area contributed by atoms with Crippen LogP contribution in [0, 0.1) is 0 Å². The molecule has 1 unspecified atom stereocenters. The molecule has 132 valence electrons. The van der Waals surface area contributed by atoms with Crippen molar-refractivity contribution in [1.29, 1.82) is 0 Å². The van der Waals surface area contributed by atoms with E-state index in [4.69, 9.17) is 4.74 Å². The topological polar surface area (TPSA) is 81.7 Å². The van der Waals surface area contributed by atoms with Crippen LogP contribution in [0.2, 0.25) is 0 Å². The van der Waals surface area contributed by atoms with E-state index in [1.165, 1.54) is 0 Å². The van der Waals surface area contributed by atoms with Crippen LogP contribution in [0.3, 0.4) is 0 Å². The molecule has 0 fully saturated rings. The van der Waals surface area contributed by atoms with Crippen molar-refractivity contribution < 1.29 is 23.9 Å². The van der Waals surface area contributed by atoms with Crippen molar-refractivity contribution in [1.82, 2.24) is 5.32 Å². The van der Waals surface area contributed by atoms with E-state index in [0.29, 0.717) is 0 Å². The molecule has 0 aliphatic rings. The summed E-state index contributed by atoms with van der Waals surface area (Å²) in [6.07, 6.45) is 1.97. The predicted molar refractivity (Wildman–Crippen MR) is 91.9 cm³/mol. The molecule has 0 amide bonds. The summed E-state index contributed by atoms with van der Waals surface area (Å²) in [5.41, 5.74) is 1.85. The summed E-state index contributed by atoms with van der Waals surface area (Å²) < 4.78 is 9.36. The molecule has 0 heterocycles. The molecular weight excluding hydrogens is 310 g/mol. The van der Waals surface area contributed by atoms with E-state index in [-0.39, 0.29) is 25.9 Å². The van der Waals surface area contributed by atoms with Gasteiger partial charge in [-0.05, 0) is 24.6 Å². The van der Waals surface area contributed by atoms with Crippen LogP contribution in [-0.2, 0) is 30.5 Å². The summed E-state index contributed by atoms with van der Waals surface area (Å²) in [5.74, 6) is -1.14. The molecule has 0 aromatic heterocycles. The van der Waals surface area contributed by atoms with E-state index in [2.05, 4.69) is 16.6 Å². The van der Waals surface area contributed by atoms with E-state index < -0.39 is 18.0 Å². The van der Waals surface area contributed by atoms with Crippen molar-refractivity contribution in [3.63, 3.8) is 0 Å². The number of hydrogen-bond acceptors (Lipinski definition) is 6. The van der Waals surface area contributed by atoms with Crippen molar-refractivity contribution in [2.24, 2.45) is 0 Å². The first-order valence-corrected chi connectivity index (χ1v) is 7.79. The minimum atomic E-state index is -0.718. The maximum Gasteiger partial charge on any atom is 0.330 e. The molecule has 0 saturated carbocycles. The third-order valence-corrected chi connectivity index (χ3v) is 3.05. The van der Waals surface area contributed by atoms with Crippen molar-refractivity contribution in [3.8, 4) is 0 Å². The van der Waals surface area contributed by atoms with Crippen molar-refractivity contribution in [2.45, 2.75) is 39.3 Å². The first kappa shape index (κ1) is 21.5. The van der Waals surface area contributed by atoms with Crippen LogP contribution in [0.15, 0.2) is 30.8 Å². The van der Waals surface area contributed by atoms with Crippen LogP contribution >= 0.6 is 0 Å². The molecular formula is C18H25NO5. The smallest absolute Gasteiger partial charge is 0.330 e. The van der Waals surface area contributed by atoms with Crippen LogP contribution in [0.25, 0.3) is 6.08 Å². The van der Waals surface area contributed by atoms with Crippen LogP contribution in [0.4, 0.5) is 0 Å². The summed E-state index contributed by atoms with van der Waals surface area (Å²) >= 11 is 0. The Morgan fingerprint density at radius 2 is 1.88 bits per heavy atom. The van der Waals surface area contributed by atoms with E-state index in [0.717, 1.165) is 11.1 Å². The van der Waals surface area contributed by atoms with Gasteiger partial charge in [-0.1, -0.05) is 50.8 Å². The van der Waals surface area contributed by atoms with Gasteiger partial charge in [0, 0.05) is 6.42 Å². The number of likely N-dealkylation sites (N-methyl/N-ethyl adjacent to an activating group) is 1. The maximum absolute atomic E-state index is 11.7. The Kier molecular flexibility index (Phi) is 11.7. The molecule has 1 rings (SSSR count). The van der Waals surface area contributed by atoms with Crippen molar-refractivity contribution in [2.75, 3.05) is 7.05 Å². The summed E-state index contributed by atoms with van der Waals surface area (Å²) in [5, 5.41) is 2.68. The number of carbonyl (C=O) groups excluding carboxylic acids is 3. The molecule has 0 spiro atoms. The number of rotatable bonds is 9. The number of benzene rings is 1. The number of hydrogen-bond donors (Lipinski definition) is 1. The number of carbonyl (C=O) groups is 3. The van der Waals surface area contributed by atoms with Crippen LogP contribution < -0.4 is 5.32 Å². The fraction of sp³-hybridized carbons (Fsp3) is 0.389. The third kappa shape index (κ3) is 8.24. The van der Waals surface area contributed by atoms with Crippen LogP contribution in [0.1, 0.15) is 37.8 Å². The molecule has 0 aliphatic carbocycles. The lowest BCUT2D eigenvalue weighted by Gasteiger charge is -2.12. The summed E-state index contributed by atoms with van der Waals surface area (Å²) in [6, 6.07) is 6.74. The fourth-order valence-electron chi connectivity index (χ4n) is 1.76. The molecule has 1 N–H and O–H groups in total. The van der Waals surface area contributed by atoms with Gasteiger partial charge in [-0.15, -0.1) is 0 Å². The lowest BCUT2D eigenvalue weighted by atomic mass is 10.1. The minimum absolute atomic E-state index is 0.0458. The average Bonchev–Trinajstić information content (AvgIpc) is 2.63. The second kappa shape index (κ2) is 13.0. The third-order valence-electron chi connectivity index (χ3n) is 3.05. The van der Waals surface area contributed by atoms with E-state index in [1.54, 1.807) is 13.1 Å². The number of esters is 2. The van der Waals surface area contributed by atoms with E-state index in [9.17, 15) is 14.4 Å². The minimum Gasteiger partial charge on any atom is -0.461 e. The number of ether oxygens (including phenoxy) is 2. The molecule has 1 atom stereocenters. The lowest BCUT2D eigenvalue weighted by molar-refractivity contribution is -0.153. The van der Waals surface area contributed by atoms with Gasteiger partial charge in [-0.3, -0.25) is 9.59 Å². The highest BCUT2D eigenvalue weighted by Gasteiger charge is 2.19. The highest BCUT2D eigenvalue weighted by Crippen LogP contribution is 2.08. The first-order chi connectivity index (χ1) is 11.6. The van der Waals surface area contributed by atoms with Gasteiger partial charge in [0.05, 0.1) is 0 Å².